The number of carbonyl (C=O) groups excluding carboxylic acids is 1. The van der Waals surface area contributed by atoms with Gasteiger partial charge in [-0.2, -0.15) is 0 Å². The fourth-order valence-electron chi connectivity index (χ4n) is 1.70. The lowest BCUT2D eigenvalue weighted by Gasteiger charge is -2.22. The Hall–Kier alpha value is -1.56. The van der Waals surface area contributed by atoms with E-state index in [2.05, 4.69) is 4.74 Å². The van der Waals surface area contributed by atoms with E-state index in [9.17, 15) is 13.2 Å². The van der Waals surface area contributed by atoms with Crippen molar-refractivity contribution in [2.45, 2.75) is 20.3 Å². The summed E-state index contributed by atoms with van der Waals surface area (Å²) < 4.78 is 30.4. The lowest BCUT2D eigenvalue weighted by molar-refractivity contribution is 0.0601. The number of carbonyl (C=O) groups is 1. The number of anilines is 1. The minimum absolute atomic E-state index is 0.0523. The normalized spacial score (nSPS) is 11.4. The second kappa shape index (κ2) is 6.74. The van der Waals surface area contributed by atoms with Crippen LogP contribution in [0.15, 0.2) is 24.3 Å². The topological polar surface area (TPSA) is 63.7 Å². The number of hydrogen-bond acceptors (Lipinski definition) is 4. The molecular weight excluding hydrogens is 278 g/mol. The molecule has 0 saturated carbocycles. The summed E-state index contributed by atoms with van der Waals surface area (Å²) in [5.41, 5.74) is 0.578. The molecule has 0 radical (unpaired) electrons. The van der Waals surface area contributed by atoms with E-state index in [0.717, 1.165) is 4.31 Å². The Kier molecular flexibility index (Phi) is 5.56. The van der Waals surface area contributed by atoms with Gasteiger partial charge in [-0.3, -0.25) is 4.31 Å². The van der Waals surface area contributed by atoms with Gasteiger partial charge in [0.2, 0.25) is 10.0 Å². The van der Waals surface area contributed by atoms with Crippen molar-refractivity contribution in [1.29, 1.82) is 0 Å². The summed E-state index contributed by atoms with van der Waals surface area (Å²) in [6, 6.07) is 6.51. The Morgan fingerprint density at radius 1 is 1.30 bits per heavy atom. The van der Waals surface area contributed by atoms with E-state index in [1.165, 1.54) is 14.2 Å². The van der Waals surface area contributed by atoms with E-state index in [4.69, 9.17) is 0 Å². The molecule has 20 heavy (non-hydrogen) atoms. The Morgan fingerprint density at radius 2 is 1.90 bits per heavy atom. The molecule has 1 aromatic carbocycles. The first-order valence-electron chi connectivity index (χ1n) is 6.43. The molecule has 5 nitrogen and oxygen atoms in total. The number of sulfonamides is 1. The van der Waals surface area contributed by atoms with Crippen LogP contribution in [0.1, 0.15) is 30.6 Å². The van der Waals surface area contributed by atoms with Gasteiger partial charge in [0.05, 0.1) is 24.1 Å². The maximum Gasteiger partial charge on any atom is 0.340 e. The van der Waals surface area contributed by atoms with Crippen LogP contribution >= 0.6 is 0 Å². The van der Waals surface area contributed by atoms with Crippen LogP contribution in [0.2, 0.25) is 0 Å². The summed E-state index contributed by atoms with van der Waals surface area (Å²) in [4.78, 5) is 11.7. The Morgan fingerprint density at radius 3 is 2.45 bits per heavy atom. The molecule has 0 aliphatic carbocycles. The summed E-state index contributed by atoms with van der Waals surface area (Å²) in [6.45, 7) is 3.94. The van der Waals surface area contributed by atoms with E-state index in [-0.39, 0.29) is 11.3 Å². The highest BCUT2D eigenvalue weighted by Gasteiger charge is 2.23. The van der Waals surface area contributed by atoms with Crippen molar-refractivity contribution in [2.24, 2.45) is 5.92 Å². The first-order valence-corrected chi connectivity index (χ1v) is 8.04. The summed E-state index contributed by atoms with van der Waals surface area (Å²) in [5, 5.41) is 0. The van der Waals surface area contributed by atoms with Crippen LogP contribution in [0.4, 0.5) is 5.69 Å². The van der Waals surface area contributed by atoms with Crippen LogP contribution in [0.25, 0.3) is 0 Å². The van der Waals surface area contributed by atoms with Crippen LogP contribution in [0.5, 0.6) is 0 Å². The first-order chi connectivity index (χ1) is 9.29. The molecule has 0 aromatic heterocycles. The van der Waals surface area contributed by atoms with Crippen molar-refractivity contribution in [3.8, 4) is 0 Å². The van der Waals surface area contributed by atoms with Crippen LogP contribution in [0.3, 0.4) is 0 Å². The molecule has 1 rings (SSSR count). The minimum Gasteiger partial charge on any atom is -0.465 e. The number of nitrogens with zero attached hydrogens (tertiary/aromatic N) is 1. The molecule has 0 aliphatic heterocycles. The van der Waals surface area contributed by atoms with Crippen molar-refractivity contribution < 1.29 is 17.9 Å². The van der Waals surface area contributed by atoms with Gasteiger partial charge >= 0.3 is 5.97 Å². The maximum absolute atomic E-state index is 12.3. The van der Waals surface area contributed by atoms with Crippen molar-refractivity contribution in [3.63, 3.8) is 0 Å². The zero-order chi connectivity index (χ0) is 15.3. The quantitative estimate of drug-likeness (QED) is 0.756. The summed E-state index contributed by atoms with van der Waals surface area (Å²) >= 11 is 0. The third-order valence-electron chi connectivity index (χ3n) is 3.02. The highest BCUT2D eigenvalue weighted by Crippen LogP contribution is 2.23. The number of methoxy groups -OCH3 is 1. The van der Waals surface area contributed by atoms with Crippen molar-refractivity contribution in [2.75, 3.05) is 24.2 Å². The van der Waals surface area contributed by atoms with E-state index in [1.54, 1.807) is 24.3 Å². The molecule has 0 atom stereocenters. The predicted octanol–water partition coefficient (Wildman–Crippen LogP) is 2.29. The molecule has 0 amide bonds. The van der Waals surface area contributed by atoms with Gasteiger partial charge in [-0.1, -0.05) is 26.0 Å². The number of ether oxygens (including phenoxy) is 1. The minimum atomic E-state index is -3.45. The summed E-state index contributed by atoms with van der Waals surface area (Å²) in [5.74, 6) is -0.197. The van der Waals surface area contributed by atoms with E-state index in [0.29, 0.717) is 18.0 Å². The smallest absolute Gasteiger partial charge is 0.340 e. The van der Waals surface area contributed by atoms with Crippen molar-refractivity contribution in [1.82, 2.24) is 0 Å². The largest absolute Gasteiger partial charge is 0.465 e. The fourth-order valence-corrected chi connectivity index (χ4v) is 3.20. The van der Waals surface area contributed by atoms with Gasteiger partial charge in [0, 0.05) is 7.05 Å². The number of para-hydroxylation sites is 1. The first kappa shape index (κ1) is 16.5. The fraction of sp³-hybridized carbons (Fsp3) is 0.500. The monoisotopic (exact) mass is 299 g/mol. The average Bonchev–Trinajstić information content (AvgIpc) is 2.43. The maximum atomic E-state index is 12.3. The van der Waals surface area contributed by atoms with Crippen LogP contribution in [-0.2, 0) is 14.8 Å². The molecule has 0 N–H and O–H groups in total. The number of rotatable bonds is 6. The number of benzene rings is 1. The molecule has 0 bridgehead atoms. The standard InChI is InChI=1S/C14H21NO4S/c1-11(2)9-10-20(17,18)15(3)13-8-6-5-7-12(13)14(16)19-4/h5-8,11H,9-10H2,1-4H3. The molecule has 0 heterocycles. The van der Waals surface area contributed by atoms with Crippen LogP contribution < -0.4 is 4.31 Å². The predicted molar refractivity (Wildman–Crippen MR) is 79.4 cm³/mol. The van der Waals surface area contributed by atoms with Gasteiger partial charge in [0.25, 0.3) is 0 Å². The number of esters is 1. The third-order valence-corrected chi connectivity index (χ3v) is 4.80. The molecular formula is C14H21NO4S. The highest BCUT2D eigenvalue weighted by atomic mass is 32.2. The summed E-state index contributed by atoms with van der Waals surface area (Å²) in [6.07, 6.45) is 0.576. The Balaban J connectivity index is 3.08. The molecule has 0 fully saturated rings. The molecule has 0 spiro atoms. The summed E-state index contributed by atoms with van der Waals surface area (Å²) in [7, 11) is -0.721. The molecule has 6 heteroatoms. The molecule has 0 aliphatic rings. The van der Waals surface area contributed by atoms with Gasteiger partial charge in [-0.05, 0) is 24.5 Å². The second-order valence-electron chi connectivity index (χ2n) is 4.97. The highest BCUT2D eigenvalue weighted by molar-refractivity contribution is 7.92. The zero-order valence-electron chi connectivity index (χ0n) is 12.3. The van der Waals surface area contributed by atoms with Gasteiger partial charge in [0.15, 0.2) is 0 Å². The number of hydrogen-bond donors (Lipinski definition) is 0. The van der Waals surface area contributed by atoms with Crippen molar-refractivity contribution >= 4 is 21.7 Å². The lowest BCUT2D eigenvalue weighted by Crippen LogP contribution is -2.31. The Bertz CT molecular complexity index is 566. The van der Waals surface area contributed by atoms with Crippen LogP contribution in [-0.4, -0.2) is 34.3 Å². The SMILES string of the molecule is COC(=O)c1ccccc1N(C)S(=O)(=O)CCC(C)C. The van der Waals surface area contributed by atoms with E-state index in [1.807, 2.05) is 13.8 Å². The lowest BCUT2D eigenvalue weighted by atomic mass is 10.2. The average molecular weight is 299 g/mol. The van der Waals surface area contributed by atoms with E-state index < -0.39 is 16.0 Å². The molecule has 0 saturated heterocycles. The zero-order valence-corrected chi connectivity index (χ0v) is 13.1. The van der Waals surface area contributed by atoms with Gasteiger partial charge in [-0.25, -0.2) is 13.2 Å². The molecule has 1 aromatic rings. The van der Waals surface area contributed by atoms with E-state index >= 15 is 0 Å². The van der Waals surface area contributed by atoms with Gasteiger partial charge in [0.1, 0.15) is 0 Å². The molecule has 112 valence electrons. The van der Waals surface area contributed by atoms with Crippen molar-refractivity contribution in [3.05, 3.63) is 29.8 Å². The Labute approximate surface area is 120 Å². The molecule has 0 unspecified atom stereocenters. The van der Waals surface area contributed by atoms with Crippen LogP contribution in [0, 0.1) is 5.92 Å². The van der Waals surface area contributed by atoms with Gasteiger partial charge < -0.3 is 4.74 Å². The second-order valence-corrected chi connectivity index (χ2v) is 7.09. The van der Waals surface area contributed by atoms with Gasteiger partial charge in [-0.15, -0.1) is 0 Å². The third kappa shape index (κ3) is 3.96.